The van der Waals surface area contributed by atoms with E-state index in [0.717, 1.165) is 6.42 Å². The summed E-state index contributed by atoms with van der Waals surface area (Å²) < 4.78 is 0. The van der Waals surface area contributed by atoms with Crippen LogP contribution < -0.4 is 10.6 Å². The van der Waals surface area contributed by atoms with E-state index in [1.165, 1.54) is 30.5 Å². The van der Waals surface area contributed by atoms with Gasteiger partial charge >= 0.3 is 0 Å². The quantitative estimate of drug-likeness (QED) is 0.796. The van der Waals surface area contributed by atoms with Gasteiger partial charge in [0.2, 0.25) is 0 Å². The molecule has 0 aliphatic heterocycles. The van der Waals surface area contributed by atoms with Crippen molar-refractivity contribution in [2.45, 2.75) is 52.0 Å². The number of aryl methyl sites for hydroxylation is 1. The van der Waals surface area contributed by atoms with E-state index in [1.807, 2.05) is 0 Å². The fourth-order valence-corrected chi connectivity index (χ4v) is 2.58. The van der Waals surface area contributed by atoms with Crippen LogP contribution in [-0.2, 0) is 0 Å². The molecule has 0 saturated heterocycles. The molecular weight excluding hydrogens is 220 g/mol. The van der Waals surface area contributed by atoms with Gasteiger partial charge < -0.3 is 10.6 Å². The van der Waals surface area contributed by atoms with Crippen LogP contribution in [0, 0.1) is 6.92 Å². The molecule has 0 bridgehead atoms. The van der Waals surface area contributed by atoms with Crippen molar-refractivity contribution in [2.24, 2.45) is 5.73 Å². The number of anilines is 1. The molecule has 0 spiro atoms. The van der Waals surface area contributed by atoms with Crippen LogP contribution in [0.3, 0.4) is 0 Å². The molecule has 0 amide bonds. The Hall–Kier alpha value is -1.02. The lowest BCUT2D eigenvalue weighted by atomic mass is 9.87. The third-order valence-electron chi connectivity index (χ3n) is 4.13. The third-order valence-corrected chi connectivity index (χ3v) is 4.13. The maximum atomic E-state index is 6.09. The average Bonchev–Trinajstić information content (AvgIpc) is 2.40. The summed E-state index contributed by atoms with van der Waals surface area (Å²) in [5.41, 5.74) is 8.77. The number of nitrogens with zero attached hydrogens (tertiary/aromatic N) is 1. The molecule has 0 radical (unpaired) electrons. The van der Waals surface area contributed by atoms with Crippen LogP contribution in [0.4, 0.5) is 5.69 Å². The highest BCUT2D eigenvalue weighted by molar-refractivity contribution is 5.50. The van der Waals surface area contributed by atoms with E-state index in [9.17, 15) is 0 Å². The van der Waals surface area contributed by atoms with Gasteiger partial charge in [0, 0.05) is 19.3 Å². The molecule has 18 heavy (non-hydrogen) atoms. The van der Waals surface area contributed by atoms with Crippen molar-refractivity contribution in [2.75, 3.05) is 18.5 Å². The van der Waals surface area contributed by atoms with E-state index in [4.69, 9.17) is 5.73 Å². The summed E-state index contributed by atoms with van der Waals surface area (Å²) in [6.45, 7) is 7.34. The van der Waals surface area contributed by atoms with Gasteiger partial charge in [-0.05, 0) is 37.5 Å². The molecule has 1 aromatic rings. The fourth-order valence-electron chi connectivity index (χ4n) is 2.58. The van der Waals surface area contributed by atoms with Crippen molar-refractivity contribution in [1.82, 2.24) is 0 Å². The molecule has 1 aromatic carbocycles. The highest BCUT2D eigenvalue weighted by Crippen LogP contribution is 2.29. The monoisotopic (exact) mass is 248 g/mol. The Morgan fingerprint density at radius 3 is 2.50 bits per heavy atom. The van der Waals surface area contributed by atoms with Crippen LogP contribution in [0.15, 0.2) is 24.3 Å². The summed E-state index contributed by atoms with van der Waals surface area (Å²) in [5, 5.41) is 0. The molecule has 1 rings (SSSR count). The predicted octanol–water partition coefficient (Wildman–Crippen LogP) is 3.73. The van der Waals surface area contributed by atoms with Crippen molar-refractivity contribution >= 4 is 5.69 Å². The Balaban J connectivity index is 2.97. The number of nitrogens with two attached hydrogens (primary N) is 1. The van der Waals surface area contributed by atoms with Crippen LogP contribution in [0.1, 0.15) is 45.1 Å². The maximum Gasteiger partial charge on any atom is 0.0518 e. The molecule has 0 fully saturated rings. The number of rotatable bonds is 7. The Morgan fingerprint density at radius 2 is 2.00 bits per heavy atom. The van der Waals surface area contributed by atoms with Gasteiger partial charge in [0.25, 0.3) is 0 Å². The van der Waals surface area contributed by atoms with Gasteiger partial charge in [-0.3, -0.25) is 0 Å². The van der Waals surface area contributed by atoms with E-state index in [2.05, 4.69) is 57.0 Å². The number of hydrogen-bond acceptors (Lipinski definition) is 2. The first-order chi connectivity index (χ1) is 8.59. The number of unbranched alkanes of at least 4 members (excludes halogenated alkanes) is 1. The van der Waals surface area contributed by atoms with Gasteiger partial charge in [-0.15, -0.1) is 0 Å². The number of likely N-dealkylation sites (N-methyl/N-ethyl adjacent to an activating group) is 1. The van der Waals surface area contributed by atoms with Crippen molar-refractivity contribution in [3.8, 4) is 0 Å². The van der Waals surface area contributed by atoms with Gasteiger partial charge in [-0.2, -0.15) is 0 Å². The topological polar surface area (TPSA) is 29.3 Å². The fraction of sp³-hybridized carbons (Fsp3) is 0.625. The molecule has 0 heterocycles. The molecular formula is C16H28N2. The Kier molecular flexibility index (Phi) is 5.67. The van der Waals surface area contributed by atoms with Crippen LogP contribution in [0.25, 0.3) is 0 Å². The smallest absolute Gasteiger partial charge is 0.0518 e. The Bertz CT molecular complexity index is 356. The van der Waals surface area contributed by atoms with Gasteiger partial charge in [-0.25, -0.2) is 0 Å². The molecule has 0 aliphatic rings. The normalized spacial score (nSPS) is 14.3. The second kappa shape index (κ2) is 6.79. The number of hydrogen-bond donors (Lipinski definition) is 1. The van der Waals surface area contributed by atoms with E-state index < -0.39 is 0 Å². The second-order valence-electron chi connectivity index (χ2n) is 5.28. The molecule has 1 atom stereocenters. The first-order valence-corrected chi connectivity index (χ1v) is 7.10. The van der Waals surface area contributed by atoms with Gasteiger partial charge in [0.05, 0.1) is 5.54 Å². The number of benzene rings is 1. The minimum absolute atomic E-state index is 0.101. The molecule has 2 nitrogen and oxygen atoms in total. The molecule has 2 N–H and O–H groups in total. The summed E-state index contributed by atoms with van der Waals surface area (Å²) in [6.07, 6.45) is 4.72. The maximum absolute atomic E-state index is 6.09. The van der Waals surface area contributed by atoms with Crippen LogP contribution in [0.5, 0.6) is 0 Å². The summed E-state index contributed by atoms with van der Waals surface area (Å²) >= 11 is 0. The SMILES string of the molecule is CCCCC(CC)(CN)N(C)c1cccc(C)c1. The Labute approximate surface area is 112 Å². The zero-order valence-electron chi connectivity index (χ0n) is 12.4. The minimum atomic E-state index is 0.101. The largest absolute Gasteiger partial charge is 0.368 e. The van der Waals surface area contributed by atoms with Gasteiger partial charge in [0.15, 0.2) is 0 Å². The molecule has 102 valence electrons. The van der Waals surface area contributed by atoms with E-state index in [-0.39, 0.29) is 5.54 Å². The van der Waals surface area contributed by atoms with Crippen molar-refractivity contribution < 1.29 is 0 Å². The van der Waals surface area contributed by atoms with Gasteiger partial charge in [0.1, 0.15) is 0 Å². The summed E-state index contributed by atoms with van der Waals surface area (Å²) in [7, 11) is 2.18. The molecule has 0 aliphatic carbocycles. The Morgan fingerprint density at radius 1 is 1.28 bits per heavy atom. The van der Waals surface area contributed by atoms with Crippen molar-refractivity contribution in [3.63, 3.8) is 0 Å². The highest BCUT2D eigenvalue weighted by Gasteiger charge is 2.30. The standard InChI is InChI=1S/C16H28N2/c1-5-7-11-16(6-2,13-17)18(4)15-10-8-9-14(3)12-15/h8-10,12H,5-7,11,13,17H2,1-4H3. The zero-order valence-corrected chi connectivity index (χ0v) is 12.4. The molecule has 0 saturated carbocycles. The minimum Gasteiger partial charge on any atom is -0.368 e. The van der Waals surface area contributed by atoms with E-state index >= 15 is 0 Å². The van der Waals surface area contributed by atoms with Crippen LogP contribution >= 0.6 is 0 Å². The van der Waals surface area contributed by atoms with Crippen molar-refractivity contribution in [1.29, 1.82) is 0 Å². The van der Waals surface area contributed by atoms with Gasteiger partial charge in [-0.1, -0.05) is 38.8 Å². The average molecular weight is 248 g/mol. The predicted molar refractivity (Wildman–Crippen MR) is 81.2 cm³/mol. The zero-order chi connectivity index (χ0) is 13.6. The van der Waals surface area contributed by atoms with Crippen molar-refractivity contribution in [3.05, 3.63) is 29.8 Å². The second-order valence-corrected chi connectivity index (χ2v) is 5.28. The van der Waals surface area contributed by atoms with E-state index in [1.54, 1.807) is 0 Å². The summed E-state index contributed by atoms with van der Waals surface area (Å²) in [4.78, 5) is 2.38. The molecule has 1 unspecified atom stereocenters. The lowest BCUT2D eigenvalue weighted by molar-refractivity contribution is 0.359. The molecule has 2 heteroatoms. The lowest BCUT2D eigenvalue weighted by Crippen LogP contribution is -2.52. The third kappa shape index (κ3) is 3.26. The summed E-state index contributed by atoms with van der Waals surface area (Å²) in [5.74, 6) is 0. The molecule has 0 aromatic heterocycles. The van der Waals surface area contributed by atoms with Crippen LogP contribution in [0.2, 0.25) is 0 Å². The first-order valence-electron chi connectivity index (χ1n) is 7.10. The van der Waals surface area contributed by atoms with Crippen LogP contribution in [-0.4, -0.2) is 19.1 Å². The lowest BCUT2D eigenvalue weighted by Gasteiger charge is -2.42. The first kappa shape index (κ1) is 15.0. The summed E-state index contributed by atoms with van der Waals surface area (Å²) in [6, 6.07) is 8.68. The van der Waals surface area contributed by atoms with E-state index in [0.29, 0.717) is 6.54 Å². The highest BCUT2D eigenvalue weighted by atomic mass is 15.2.